The predicted octanol–water partition coefficient (Wildman–Crippen LogP) is 1.85. The molecular weight excluding hydrogens is 298 g/mol. The van der Waals surface area contributed by atoms with E-state index in [1.165, 1.54) is 17.0 Å². The number of halogens is 1. The largest absolute Gasteiger partial charge is 0.355 e. The van der Waals surface area contributed by atoms with Crippen molar-refractivity contribution in [3.63, 3.8) is 0 Å². The van der Waals surface area contributed by atoms with E-state index in [0.29, 0.717) is 6.54 Å². The molecular formula is C13H16ClN3O4. The van der Waals surface area contributed by atoms with Gasteiger partial charge in [-0.3, -0.25) is 19.7 Å². The molecule has 0 aliphatic rings. The lowest BCUT2D eigenvalue weighted by molar-refractivity contribution is -0.384. The van der Waals surface area contributed by atoms with E-state index in [9.17, 15) is 19.7 Å². The monoisotopic (exact) mass is 313 g/mol. The van der Waals surface area contributed by atoms with E-state index in [2.05, 4.69) is 5.32 Å². The number of nitro groups is 1. The third kappa shape index (κ3) is 4.42. The Morgan fingerprint density at radius 2 is 2.05 bits per heavy atom. The Balaban J connectivity index is 3.02. The van der Waals surface area contributed by atoms with Gasteiger partial charge < -0.3 is 10.2 Å². The second-order valence-electron chi connectivity index (χ2n) is 4.19. The number of rotatable bonds is 6. The third-order valence-corrected chi connectivity index (χ3v) is 3.10. The molecule has 8 heteroatoms. The Morgan fingerprint density at radius 1 is 1.38 bits per heavy atom. The highest BCUT2D eigenvalue weighted by molar-refractivity contribution is 6.34. The van der Waals surface area contributed by atoms with Crippen LogP contribution in [0.3, 0.4) is 0 Å². The number of hydrogen-bond acceptors (Lipinski definition) is 4. The molecule has 2 amide bonds. The standard InChI is InChI=1S/C13H16ClN3O4/c1-3-15-12(18)8-16(4-2)13(19)10-7-9(17(20)21)5-6-11(10)14/h5-7H,3-4,8H2,1-2H3,(H,15,18). The zero-order chi connectivity index (χ0) is 16.0. The van der Waals surface area contributed by atoms with Gasteiger partial charge in [-0.15, -0.1) is 0 Å². The number of nitrogens with one attached hydrogen (secondary N) is 1. The van der Waals surface area contributed by atoms with Crippen molar-refractivity contribution in [1.29, 1.82) is 0 Å². The van der Waals surface area contributed by atoms with Crippen molar-refractivity contribution in [2.45, 2.75) is 13.8 Å². The van der Waals surface area contributed by atoms with Crippen LogP contribution in [0, 0.1) is 10.1 Å². The zero-order valence-electron chi connectivity index (χ0n) is 11.8. The molecule has 0 aliphatic carbocycles. The highest BCUT2D eigenvalue weighted by atomic mass is 35.5. The fourth-order valence-electron chi connectivity index (χ4n) is 1.71. The Hall–Kier alpha value is -2.15. The minimum Gasteiger partial charge on any atom is -0.355 e. The molecule has 1 aromatic rings. The molecule has 0 bridgehead atoms. The van der Waals surface area contributed by atoms with E-state index >= 15 is 0 Å². The maximum absolute atomic E-state index is 12.4. The van der Waals surface area contributed by atoms with Gasteiger partial charge in [0.1, 0.15) is 0 Å². The van der Waals surface area contributed by atoms with Crippen LogP contribution >= 0.6 is 11.6 Å². The van der Waals surface area contributed by atoms with Crippen LogP contribution in [-0.4, -0.2) is 41.3 Å². The summed E-state index contributed by atoms with van der Waals surface area (Å²) in [7, 11) is 0. The number of nitrogens with zero attached hydrogens (tertiary/aromatic N) is 2. The lowest BCUT2D eigenvalue weighted by atomic mass is 10.1. The van der Waals surface area contributed by atoms with Crippen molar-refractivity contribution in [2.75, 3.05) is 19.6 Å². The number of non-ortho nitro benzene ring substituents is 1. The first kappa shape index (κ1) is 16.9. The average Bonchev–Trinajstić information content (AvgIpc) is 2.44. The Morgan fingerprint density at radius 3 is 2.57 bits per heavy atom. The van der Waals surface area contributed by atoms with Crippen molar-refractivity contribution >= 4 is 29.1 Å². The maximum atomic E-state index is 12.4. The molecule has 0 saturated carbocycles. The molecule has 0 radical (unpaired) electrons. The third-order valence-electron chi connectivity index (χ3n) is 2.77. The molecule has 1 N–H and O–H groups in total. The summed E-state index contributed by atoms with van der Waals surface area (Å²) in [6.07, 6.45) is 0. The highest BCUT2D eigenvalue weighted by Gasteiger charge is 2.21. The van der Waals surface area contributed by atoms with E-state index < -0.39 is 10.8 Å². The summed E-state index contributed by atoms with van der Waals surface area (Å²) >= 11 is 5.92. The summed E-state index contributed by atoms with van der Waals surface area (Å²) < 4.78 is 0. The lowest BCUT2D eigenvalue weighted by Gasteiger charge is -2.20. The van der Waals surface area contributed by atoms with Crippen LogP contribution < -0.4 is 5.32 Å². The Bertz CT molecular complexity index is 562. The van der Waals surface area contributed by atoms with Crippen molar-refractivity contribution in [1.82, 2.24) is 10.2 Å². The van der Waals surface area contributed by atoms with Crippen LogP contribution in [0.1, 0.15) is 24.2 Å². The summed E-state index contributed by atoms with van der Waals surface area (Å²) in [5, 5.41) is 13.5. The van der Waals surface area contributed by atoms with E-state index in [1.54, 1.807) is 13.8 Å². The fraction of sp³-hybridized carbons (Fsp3) is 0.385. The van der Waals surface area contributed by atoms with Gasteiger partial charge in [-0.05, 0) is 19.9 Å². The van der Waals surface area contributed by atoms with Gasteiger partial charge in [-0.1, -0.05) is 11.6 Å². The van der Waals surface area contributed by atoms with Gasteiger partial charge in [0.05, 0.1) is 22.1 Å². The van der Waals surface area contributed by atoms with Crippen molar-refractivity contribution in [3.8, 4) is 0 Å². The average molecular weight is 314 g/mol. The number of hydrogen-bond donors (Lipinski definition) is 1. The van der Waals surface area contributed by atoms with Crippen molar-refractivity contribution in [2.24, 2.45) is 0 Å². The summed E-state index contributed by atoms with van der Waals surface area (Å²) in [5.41, 5.74) is -0.214. The van der Waals surface area contributed by atoms with Gasteiger partial charge in [0.15, 0.2) is 0 Å². The number of likely N-dealkylation sites (N-methyl/N-ethyl adjacent to an activating group) is 2. The minimum atomic E-state index is -0.604. The number of carbonyl (C=O) groups is 2. The second-order valence-corrected chi connectivity index (χ2v) is 4.60. The molecule has 0 unspecified atom stereocenters. The fourth-order valence-corrected chi connectivity index (χ4v) is 1.91. The van der Waals surface area contributed by atoms with Gasteiger partial charge in [-0.2, -0.15) is 0 Å². The smallest absolute Gasteiger partial charge is 0.270 e. The number of benzene rings is 1. The van der Waals surface area contributed by atoms with Crippen LogP contribution in [0.4, 0.5) is 5.69 Å². The molecule has 1 rings (SSSR count). The van der Waals surface area contributed by atoms with Gasteiger partial charge >= 0.3 is 0 Å². The first-order chi connectivity index (χ1) is 9.90. The number of nitro benzene ring substituents is 1. The van der Waals surface area contributed by atoms with Crippen molar-refractivity contribution < 1.29 is 14.5 Å². The number of amides is 2. The van der Waals surface area contributed by atoms with Gasteiger partial charge in [0.25, 0.3) is 11.6 Å². The van der Waals surface area contributed by atoms with Gasteiger partial charge in [-0.25, -0.2) is 0 Å². The molecule has 114 valence electrons. The van der Waals surface area contributed by atoms with Crippen LogP contribution in [0.5, 0.6) is 0 Å². The molecule has 1 aromatic carbocycles. The summed E-state index contributed by atoms with van der Waals surface area (Å²) in [5.74, 6) is -0.813. The van der Waals surface area contributed by atoms with E-state index in [0.717, 1.165) is 6.07 Å². The molecule has 0 spiro atoms. The Labute approximate surface area is 127 Å². The molecule has 0 aliphatic heterocycles. The topological polar surface area (TPSA) is 92.6 Å². The molecule has 0 atom stereocenters. The summed E-state index contributed by atoms with van der Waals surface area (Å²) in [6, 6.07) is 3.64. The van der Waals surface area contributed by atoms with E-state index in [-0.39, 0.29) is 35.3 Å². The molecule has 7 nitrogen and oxygen atoms in total. The number of carbonyl (C=O) groups excluding carboxylic acids is 2. The highest BCUT2D eigenvalue weighted by Crippen LogP contribution is 2.23. The SMILES string of the molecule is CCNC(=O)CN(CC)C(=O)c1cc([N+](=O)[O-])ccc1Cl. The normalized spacial score (nSPS) is 10.0. The lowest BCUT2D eigenvalue weighted by Crippen LogP contribution is -2.40. The van der Waals surface area contributed by atoms with Crippen molar-refractivity contribution in [3.05, 3.63) is 38.9 Å². The quantitative estimate of drug-likeness (QED) is 0.640. The predicted molar refractivity (Wildman–Crippen MR) is 78.4 cm³/mol. The van der Waals surface area contributed by atoms with Gasteiger partial charge in [0, 0.05) is 25.2 Å². The molecule has 0 heterocycles. The first-order valence-electron chi connectivity index (χ1n) is 6.40. The Kier molecular flexibility index (Phi) is 6.10. The molecule has 21 heavy (non-hydrogen) atoms. The van der Waals surface area contributed by atoms with Crippen LogP contribution in [0.2, 0.25) is 5.02 Å². The summed E-state index contributed by atoms with van der Waals surface area (Å²) in [4.78, 5) is 35.3. The minimum absolute atomic E-state index is 0.0111. The maximum Gasteiger partial charge on any atom is 0.270 e. The van der Waals surface area contributed by atoms with Crippen LogP contribution in [0.15, 0.2) is 18.2 Å². The summed E-state index contributed by atoms with van der Waals surface area (Å²) in [6.45, 7) is 4.11. The zero-order valence-corrected chi connectivity index (χ0v) is 12.5. The second kappa shape index (κ2) is 7.58. The van der Waals surface area contributed by atoms with Crippen LogP contribution in [-0.2, 0) is 4.79 Å². The van der Waals surface area contributed by atoms with E-state index in [1.807, 2.05) is 0 Å². The molecule has 0 saturated heterocycles. The molecule has 0 fully saturated rings. The molecule has 0 aromatic heterocycles. The van der Waals surface area contributed by atoms with Gasteiger partial charge in [0.2, 0.25) is 5.91 Å². The van der Waals surface area contributed by atoms with E-state index in [4.69, 9.17) is 11.6 Å². The van der Waals surface area contributed by atoms with Crippen LogP contribution in [0.25, 0.3) is 0 Å². The first-order valence-corrected chi connectivity index (χ1v) is 6.78.